The van der Waals surface area contributed by atoms with Crippen LogP contribution in [-0.2, 0) is 0 Å². The fraction of sp³-hybridized carbons (Fsp3) is 0. The molecule has 2 aromatic rings. The van der Waals surface area contributed by atoms with Crippen LogP contribution in [0.15, 0.2) is 30.3 Å². The summed E-state index contributed by atoms with van der Waals surface area (Å²) in [6, 6.07) is 9.18. The molecule has 0 fully saturated rings. The molecule has 0 spiro atoms. The Kier molecular flexibility index (Phi) is 1.78. The molecule has 0 bridgehead atoms. The molecule has 0 aliphatic heterocycles. The normalized spacial score (nSPS) is 10.5. The lowest BCUT2D eigenvalue weighted by atomic mass is 10.1. The van der Waals surface area contributed by atoms with Crippen molar-refractivity contribution in [3.8, 4) is 0 Å². The van der Waals surface area contributed by atoms with Gasteiger partial charge in [-0.1, -0.05) is 23.7 Å². The van der Waals surface area contributed by atoms with Crippen LogP contribution in [0.5, 0.6) is 0 Å². The summed E-state index contributed by atoms with van der Waals surface area (Å²) in [5.41, 5.74) is 12.9. The van der Waals surface area contributed by atoms with Gasteiger partial charge in [0.05, 0.1) is 0 Å². The highest BCUT2D eigenvalue weighted by Crippen LogP contribution is 2.29. The molecule has 2 aromatic carbocycles. The molecular weight excluding hydrogens is 184 g/mol. The minimum absolute atomic E-state index is 0.614. The molecule has 66 valence electrons. The number of hydrogen-bond acceptors (Lipinski definition) is 2. The summed E-state index contributed by atoms with van der Waals surface area (Å²) in [5.74, 6) is 0. The molecule has 3 heteroatoms. The number of fused-ring (bicyclic) bond motifs is 1. The number of nitrogen functional groups attached to an aromatic ring is 2. The molecule has 0 heterocycles. The summed E-state index contributed by atoms with van der Waals surface area (Å²) in [6.07, 6.45) is 0. The second-order valence-electron chi connectivity index (χ2n) is 2.94. The minimum atomic E-state index is 0.614. The van der Waals surface area contributed by atoms with Crippen LogP contribution in [0.1, 0.15) is 0 Å². The smallest absolute Gasteiger partial charge is 0.0433 e. The van der Waals surface area contributed by atoms with Crippen LogP contribution in [0.2, 0.25) is 5.02 Å². The summed E-state index contributed by atoms with van der Waals surface area (Å²) >= 11 is 5.86. The number of halogens is 1. The first-order valence-electron chi connectivity index (χ1n) is 3.92. The van der Waals surface area contributed by atoms with E-state index in [-0.39, 0.29) is 0 Å². The standard InChI is InChI=1S/C10H9ClN2/c11-6-4-8-7(10(13)5-6)2-1-3-9(8)12/h1-5H,12-13H2. The highest BCUT2D eigenvalue weighted by atomic mass is 35.5. The molecule has 13 heavy (non-hydrogen) atoms. The molecule has 2 rings (SSSR count). The van der Waals surface area contributed by atoms with Gasteiger partial charge in [0, 0.05) is 27.2 Å². The molecule has 4 N–H and O–H groups in total. The van der Waals surface area contributed by atoms with Crippen LogP contribution in [0, 0.1) is 0 Å². The van der Waals surface area contributed by atoms with Crippen molar-refractivity contribution in [1.29, 1.82) is 0 Å². The predicted octanol–water partition coefficient (Wildman–Crippen LogP) is 2.66. The zero-order valence-corrected chi connectivity index (χ0v) is 7.68. The summed E-state index contributed by atoms with van der Waals surface area (Å²) in [7, 11) is 0. The van der Waals surface area contributed by atoms with E-state index in [9.17, 15) is 0 Å². The van der Waals surface area contributed by atoms with Crippen LogP contribution >= 0.6 is 11.6 Å². The van der Waals surface area contributed by atoms with E-state index >= 15 is 0 Å². The summed E-state index contributed by atoms with van der Waals surface area (Å²) in [6.45, 7) is 0. The maximum absolute atomic E-state index is 5.86. The van der Waals surface area contributed by atoms with Gasteiger partial charge >= 0.3 is 0 Å². The second kappa shape index (κ2) is 2.82. The van der Waals surface area contributed by atoms with Gasteiger partial charge in [-0.25, -0.2) is 0 Å². The summed E-state index contributed by atoms with van der Waals surface area (Å²) in [5, 5.41) is 2.47. The van der Waals surface area contributed by atoms with Crippen LogP contribution in [-0.4, -0.2) is 0 Å². The second-order valence-corrected chi connectivity index (χ2v) is 3.37. The van der Waals surface area contributed by atoms with Crippen molar-refractivity contribution in [1.82, 2.24) is 0 Å². The lowest BCUT2D eigenvalue weighted by molar-refractivity contribution is 1.71. The molecule has 0 aromatic heterocycles. The fourth-order valence-corrected chi connectivity index (χ4v) is 1.63. The number of nitrogens with two attached hydrogens (primary N) is 2. The number of benzene rings is 2. The number of hydrogen-bond donors (Lipinski definition) is 2. The number of anilines is 2. The Hall–Kier alpha value is -1.41. The summed E-state index contributed by atoms with van der Waals surface area (Å²) < 4.78 is 0. The largest absolute Gasteiger partial charge is 0.398 e. The lowest BCUT2D eigenvalue weighted by Crippen LogP contribution is -1.91. The Balaban J connectivity index is 2.94. The minimum Gasteiger partial charge on any atom is -0.398 e. The number of rotatable bonds is 0. The monoisotopic (exact) mass is 192 g/mol. The fourth-order valence-electron chi connectivity index (χ4n) is 1.40. The van der Waals surface area contributed by atoms with Crippen molar-refractivity contribution in [2.24, 2.45) is 0 Å². The molecular formula is C10H9ClN2. The van der Waals surface area contributed by atoms with Crippen molar-refractivity contribution < 1.29 is 0 Å². The van der Waals surface area contributed by atoms with Crippen molar-refractivity contribution in [3.05, 3.63) is 35.4 Å². The van der Waals surface area contributed by atoms with Crippen LogP contribution in [0.4, 0.5) is 11.4 Å². The van der Waals surface area contributed by atoms with E-state index in [1.807, 2.05) is 24.3 Å². The van der Waals surface area contributed by atoms with Gasteiger partial charge in [-0.05, 0) is 18.2 Å². The van der Waals surface area contributed by atoms with E-state index in [1.54, 1.807) is 6.07 Å². The topological polar surface area (TPSA) is 52.0 Å². The molecule has 0 amide bonds. The molecule has 0 aliphatic carbocycles. The Bertz CT molecular complexity index is 466. The van der Waals surface area contributed by atoms with Gasteiger partial charge in [0.2, 0.25) is 0 Å². The van der Waals surface area contributed by atoms with Crippen LogP contribution in [0.25, 0.3) is 10.8 Å². The van der Waals surface area contributed by atoms with E-state index in [1.165, 1.54) is 0 Å². The van der Waals surface area contributed by atoms with E-state index in [0.29, 0.717) is 16.4 Å². The van der Waals surface area contributed by atoms with Gasteiger partial charge in [0.15, 0.2) is 0 Å². The zero-order valence-electron chi connectivity index (χ0n) is 6.92. The third-order valence-corrected chi connectivity index (χ3v) is 2.24. The van der Waals surface area contributed by atoms with Crippen molar-refractivity contribution in [3.63, 3.8) is 0 Å². The van der Waals surface area contributed by atoms with Crippen LogP contribution in [0.3, 0.4) is 0 Å². The van der Waals surface area contributed by atoms with Gasteiger partial charge in [0.1, 0.15) is 0 Å². The third-order valence-electron chi connectivity index (χ3n) is 2.03. The molecule has 0 radical (unpaired) electrons. The zero-order chi connectivity index (χ0) is 9.42. The van der Waals surface area contributed by atoms with Gasteiger partial charge < -0.3 is 11.5 Å². The predicted molar refractivity (Wildman–Crippen MR) is 57.8 cm³/mol. The van der Waals surface area contributed by atoms with E-state index in [4.69, 9.17) is 23.1 Å². The average Bonchev–Trinajstić information content (AvgIpc) is 2.07. The Morgan fingerprint density at radius 2 is 1.69 bits per heavy atom. The van der Waals surface area contributed by atoms with Gasteiger partial charge in [-0.3, -0.25) is 0 Å². The Morgan fingerprint density at radius 3 is 2.46 bits per heavy atom. The van der Waals surface area contributed by atoms with E-state index in [0.717, 1.165) is 10.8 Å². The maximum Gasteiger partial charge on any atom is 0.0433 e. The van der Waals surface area contributed by atoms with Gasteiger partial charge in [0.25, 0.3) is 0 Å². The highest BCUT2D eigenvalue weighted by molar-refractivity contribution is 6.32. The first-order valence-corrected chi connectivity index (χ1v) is 4.29. The van der Waals surface area contributed by atoms with E-state index < -0.39 is 0 Å². The first kappa shape index (κ1) is 8.20. The molecule has 0 atom stereocenters. The van der Waals surface area contributed by atoms with Crippen LogP contribution < -0.4 is 11.5 Å². The molecule has 0 aliphatic rings. The average molecular weight is 193 g/mol. The Morgan fingerprint density at radius 1 is 0.923 bits per heavy atom. The SMILES string of the molecule is Nc1cc(Cl)cc2c(N)cccc12. The molecule has 0 saturated heterocycles. The third kappa shape index (κ3) is 1.29. The van der Waals surface area contributed by atoms with Crippen molar-refractivity contribution in [2.45, 2.75) is 0 Å². The van der Waals surface area contributed by atoms with Crippen molar-refractivity contribution in [2.75, 3.05) is 11.5 Å². The van der Waals surface area contributed by atoms with E-state index in [2.05, 4.69) is 0 Å². The summed E-state index contributed by atoms with van der Waals surface area (Å²) in [4.78, 5) is 0. The lowest BCUT2D eigenvalue weighted by Gasteiger charge is -2.05. The Labute approximate surface area is 81.1 Å². The quantitative estimate of drug-likeness (QED) is 0.631. The van der Waals surface area contributed by atoms with Gasteiger partial charge in [-0.15, -0.1) is 0 Å². The van der Waals surface area contributed by atoms with Crippen molar-refractivity contribution >= 4 is 33.7 Å². The maximum atomic E-state index is 5.86. The molecule has 0 unspecified atom stereocenters. The highest BCUT2D eigenvalue weighted by Gasteiger charge is 2.01. The molecule has 2 nitrogen and oxygen atoms in total. The van der Waals surface area contributed by atoms with Gasteiger partial charge in [-0.2, -0.15) is 0 Å². The molecule has 0 saturated carbocycles. The first-order chi connectivity index (χ1) is 6.18.